The molecular weight excluding hydrogens is 458 g/mol. The molecule has 0 bridgehead atoms. The van der Waals surface area contributed by atoms with Crippen molar-refractivity contribution >= 4 is 10.9 Å². The van der Waals surface area contributed by atoms with E-state index in [-0.39, 0.29) is 11.6 Å². The minimum absolute atomic E-state index is 0.155. The van der Waals surface area contributed by atoms with E-state index in [0.717, 1.165) is 54.9 Å². The van der Waals surface area contributed by atoms with Crippen LogP contribution in [0.3, 0.4) is 0 Å². The van der Waals surface area contributed by atoms with E-state index in [1.807, 2.05) is 48.5 Å². The third-order valence-electron chi connectivity index (χ3n) is 6.89. The molecule has 1 aliphatic rings. The fourth-order valence-corrected chi connectivity index (χ4v) is 4.79. The van der Waals surface area contributed by atoms with E-state index in [2.05, 4.69) is 37.2 Å². The SMILES string of the molecule is CCN1CCN([C@H](c2cc3ccc(OC)cc3[nH]c2=O)c2nnnn2Cc2ccc(OC)cc2)CC1. The topological polar surface area (TPSA) is 101 Å². The zero-order valence-corrected chi connectivity index (χ0v) is 20.8. The lowest BCUT2D eigenvalue weighted by atomic mass is 10.0. The predicted octanol–water partition coefficient (Wildman–Crippen LogP) is 2.31. The Kier molecular flexibility index (Phi) is 6.97. The Morgan fingerprint density at radius 1 is 0.972 bits per heavy atom. The lowest BCUT2D eigenvalue weighted by Crippen LogP contribution is -2.49. The maximum absolute atomic E-state index is 13.4. The summed E-state index contributed by atoms with van der Waals surface area (Å²) in [4.78, 5) is 21.2. The molecule has 2 aromatic carbocycles. The first-order valence-electron chi connectivity index (χ1n) is 12.2. The van der Waals surface area contributed by atoms with Crippen molar-refractivity contribution in [2.45, 2.75) is 19.5 Å². The Morgan fingerprint density at radius 2 is 1.69 bits per heavy atom. The van der Waals surface area contributed by atoms with Crippen LogP contribution in [0.2, 0.25) is 0 Å². The van der Waals surface area contributed by atoms with E-state index in [9.17, 15) is 4.79 Å². The molecule has 1 atom stereocenters. The number of hydrogen-bond acceptors (Lipinski definition) is 8. The summed E-state index contributed by atoms with van der Waals surface area (Å²) < 4.78 is 12.4. The molecule has 1 aliphatic heterocycles. The average Bonchev–Trinajstić information content (AvgIpc) is 3.37. The number of piperazine rings is 1. The number of tetrazole rings is 1. The fraction of sp³-hybridized carbons (Fsp3) is 0.385. The maximum Gasteiger partial charge on any atom is 0.253 e. The van der Waals surface area contributed by atoms with Crippen molar-refractivity contribution in [3.8, 4) is 11.5 Å². The second-order valence-corrected chi connectivity index (χ2v) is 8.92. The second kappa shape index (κ2) is 10.5. The molecule has 1 saturated heterocycles. The molecule has 5 rings (SSSR count). The van der Waals surface area contributed by atoms with Gasteiger partial charge in [0.1, 0.15) is 17.5 Å². The van der Waals surface area contributed by atoms with E-state index in [4.69, 9.17) is 9.47 Å². The Bertz CT molecular complexity index is 1370. The quantitative estimate of drug-likeness (QED) is 0.402. The van der Waals surface area contributed by atoms with Gasteiger partial charge >= 0.3 is 0 Å². The lowest BCUT2D eigenvalue weighted by Gasteiger charge is -2.38. The molecule has 10 heteroatoms. The summed E-state index contributed by atoms with van der Waals surface area (Å²) in [7, 11) is 3.26. The number of H-pyrrole nitrogens is 1. The summed E-state index contributed by atoms with van der Waals surface area (Å²) >= 11 is 0. The molecule has 4 aromatic rings. The van der Waals surface area contributed by atoms with Gasteiger partial charge in [0.05, 0.1) is 26.3 Å². The number of rotatable bonds is 8. The second-order valence-electron chi connectivity index (χ2n) is 8.92. The number of hydrogen-bond donors (Lipinski definition) is 1. The normalized spacial score (nSPS) is 15.8. The van der Waals surface area contributed by atoms with Gasteiger partial charge in [-0.15, -0.1) is 5.10 Å². The van der Waals surface area contributed by atoms with Crippen molar-refractivity contribution in [3.63, 3.8) is 0 Å². The maximum atomic E-state index is 13.4. The van der Waals surface area contributed by atoms with E-state index < -0.39 is 0 Å². The van der Waals surface area contributed by atoms with Crippen LogP contribution in [0.4, 0.5) is 0 Å². The van der Waals surface area contributed by atoms with Gasteiger partial charge in [-0.05, 0) is 58.3 Å². The molecule has 0 saturated carbocycles. The molecule has 2 aromatic heterocycles. The van der Waals surface area contributed by atoms with Gasteiger partial charge in [0.2, 0.25) is 0 Å². The van der Waals surface area contributed by atoms with Crippen LogP contribution in [0.1, 0.15) is 29.9 Å². The number of ether oxygens (including phenoxy) is 2. The van der Waals surface area contributed by atoms with Gasteiger partial charge in [0.25, 0.3) is 5.56 Å². The summed E-state index contributed by atoms with van der Waals surface area (Å²) in [5.41, 5.74) is 2.25. The van der Waals surface area contributed by atoms with Crippen molar-refractivity contribution < 1.29 is 9.47 Å². The van der Waals surface area contributed by atoms with Crippen LogP contribution in [0.15, 0.2) is 53.3 Å². The van der Waals surface area contributed by atoms with Crippen LogP contribution < -0.4 is 15.0 Å². The number of fused-ring (bicyclic) bond motifs is 1. The summed E-state index contributed by atoms with van der Waals surface area (Å²) in [6, 6.07) is 15.1. The molecule has 3 heterocycles. The van der Waals surface area contributed by atoms with Crippen molar-refractivity contribution in [3.05, 3.63) is 75.8 Å². The van der Waals surface area contributed by atoms with Crippen LogP contribution >= 0.6 is 0 Å². The number of nitrogens with zero attached hydrogens (tertiary/aromatic N) is 6. The first kappa shape index (κ1) is 24.0. The standard InChI is InChI=1S/C26H31N7O3/c1-4-31-11-13-32(14-12-31)24(22-15-19-7-10-21(36-3)16-23(19)27-26(22)34)25-28-29-30-33(25)17-18-5-8-20(35-2)9-6-18/h5-10,15-16,24H,4,11-14,17H2,1-3H3,(H,27,34)/t24-/m1/s1. The third-order valence-corrected chi connectivity index (χ3v) is 6.89. The Labute approximate surface area is 209 Å². The zero-order chi connectivity index (χ0) is 25.1. The molecule has 188 valence electrons. The zero-order valence-electron chi connectivity index (χ0n) is 20.8. The largest absolute Gasteiger partial charge is 0.497 e. The molecule has 0 spiro atoms. The Balaban J connectivity index is 1.56. The van der Waals surface area contributed by atoms with Crippen molar-refractivity contribution in [1.29, 1.82) is 0 Å². The number of nitrogens with one attached hydrogen (secondary N) is 1. The molecule has 0 aliphatic carbocycles. The lowest BCUT2D eigenvalue weighted by molar-refractivity contribution is 0.108. The van der Waals surface area contributed by atoms with Crippen molar-refractivity contribution in [2.24, 2.45) is 0 Å². The highest BCUT2D eigenvalue weighted by atomic mass is 16.5. The van der Waals surface area contributed by atoms with Crippen LogP contribution in [-0.2, 0) is 6.54 Å². The van der Waals surface area contributed by atoms with Gasteiger partial charge in [-0.1, -0.05) is 19.1 Å². The summed E-state index contributed by atoms with van der Waals surface area (Å²) in [6.07, 6.45) is 0. The van der Waals surface area contributed by atoms with Gasteiger partial charge in [-0.3, -0.25) is 9.69 Å². The van der Waals surface area contributed by atoms with E-state index >= 15 is 0 Å². The van der Waals surface area contributed by atoms with Crippen LogP contribution in [0.5, 0.6) is 11.5 Å². The van der Waals surface area contributed by atoms with Gasteiger partial charge < -0.3 is 19.4 Å². The van der Waals surface area contributed by atoms with E-state index in [0.29, 0.717) is 23.7 Å². The minimum Gasteiger partial charge on any atom is -0.497 e. The summed E-state index contributed by atoms with van der Waals surface area (Å²) in [5, 5.41) is 13.7. The minimum atomic E-state index is -0.382. The number of pyridine rings is 1. The number of benzene rings is 2. The highest BCUT2D eigenvalue weighted by Crippen LogP contribution is 2.29. The van der Waals surface area contributed by atoms with E-state index in [1.54, 1.807) is 18.9 Å². The van der Waals surface area contributed by atoms with Crippen molar-refractivity contribution in [1.82, 2.24) is 35.0 Å². The number of methoxy groups -OCH3 is 2. The highest BCUT2D eigenvalue weighted by Gasteiger charge is 2.32. The first-order chi connectivity index (χ1) is 17.6. The summed E-state index contributed by atoms with van der Waals surface area (Å²) in [5.74, 6) is 2.14. The molecule has 1 N–H and O–H groups in total. The monoisotopic (exact) mass is 489 g/mol. The van der Waals surface area contributed by atoms with Crippen LogP contribution in [0.25, 0.3) is 10.9 Å². The van der Waals surface area contributed by atoms with Gasteiger partial charge in [0, 0.05) is 37.8 Å². The molecule has 1 fully saturated rings. The molecule has 36 heavy (non-hydrogen) atoms. The Morgan fingerprint density at radius 3 is 2.39 bits per heavy atom. The summed E-state index contributed by atoms with van der Waals surface area (Å²) in [6.45, 7) is 7.14. The van der Waals surface area contributed by atoms with Gasteiger partial charge in [0.15, 0.2) is 5.82 Å². The van der Waals surface area contributed by atoms with E-state index in [1.165, 1.54) is 0 Å². The van der Waals surface area contributed by atoms with Crippen molar-refractivity contribution in [2.75, 3.05) is 46.9 Å². The first-order valence-corrected chi connectivity index (χ1v) is 12.2. The smallest absolute Gasteiger partial charge is 0.253 e. The Hall–Kier alpha value is -3.76. The molecule has 10 nitrogen and oxygen atoms in total. The molecule has 0 amide bonds. The number of likely N-dealkylation sites (N-methyl/N-ethyl adjacent to an activating group) is 1. The predicted molar refractivity (Wildman–Crippen MR) is 137 cm³/mol. The van der Waals surface area contributed by atoms with Crippen LogP contribution in [-0.4, -0.2) is 81.9 Å². The highest BCUT2D eigenvalue weighted by molar-refractivity contribution is 5.80. The number of aromatic nitrogens is 5. The fourth-order valence-electron chi connectivity index (χ4n) is 4.79. The van der Waals surface area contributed by atoms with Crippen LogP contribution in [0, 0.1) is 0 Å². The average molecular weight is 490 g/mol. The molecular formula is C26H31N7O3. The molecule has 0 unspecified atom stereocenters. The van der Waals surface area contributed by atoms with Gasteiger partial charge in [-0.2, -0.15) is 0 Å². The van der Waals surface area contributed by atoms with Gasteiger partial charge in [-0.25, -0.2) is 4.68 Å². The molecule has 0 radical (unpaired) electrons. The third kappa shape index (κ3) is 4.82. The number of aromatic amines is 1.